The van der Waals surface area contributed by atoms with E-state index in [1.807, 2.05) is 0 Å². The molecule has 0 aliphatic heterocycles. The Labute approximate surface area is 108 Å². The van der Waals surface area contributed by atoms with Crippen LogP contribution in [0.15, 0.2) is 30.5 Å². The van der Waals surface area contributed by atoms with Gasteiger partial charge in [-0.1, -0.05) is 0 Å². The summed E-state index contributed by atoms with van der Waals surface area (Å²) >= 11 is 0. The summed E-state index contributed by atoms with van der Waals surface area (Å²) in [6.07, 6.45) is 1.61. The number of ether oxygens (including phenoxy) is 1. The van der Waals surface area contributed by atoms with Crippen molar-refractivity contribution < 1.29 is 14.5 Å². The van der Waals surface area contributed by atoms with Crippen molar-refractivity contribution in [2.75, 3.05) is 6.61 Å². The average molecular weight is 261 g/mol. The van der Waals surface area contributed by atoms with Gasteiger partial charge in [0.2, 0.25) is 11.5 Å². The van der Waals surface area contributed by atoms with Crippen molar-refractivity contribution in [3.63, 3.8) is 0 Å². The predicted octanol–water partition coefficient (Wildman–Crippen LogP) is 1.89. The number of aromatic nitrogens is 2. The maximum Gasteiger partial charge on any atom is 0.406 e. The second kappa shape index (κ2) is 5.30. The molecule has 98 valence electrons. The lowest BCUT2D eigenvalue weighted by molar-refractivity contribution is -0.390. The van der Waals surface area contributed by atoms with Gasteiger partial charge in [-0.05, 0) is 34.2 Å². The Morgan fingerprint density at radius 3 is 2.89 bits per heavy atom. The van der Waals surface area contributed by atoms with Crippen LogP contribution in [0.4, 0.5) is 5.82 Å². The quantitative estimate of drug-likeness (QED) is 0.503. The zero-order chi connectivity index (χ0) is 13.8. The van der Waals surface area contributed by atoms with Gasteiger partial charge in [0.25, 0.3) is 0 Å². The van der Waals surface area contributed by atoms with Gasteiger partial charge < -0.3 is 19.8 Å². The summed E-state index contributed by atoms with van der Waals surface area (Å²) in [6.45, 7) is 1.35. The minimum absolute atomic E-state index is 0.0180. The number of carbonyl (C=O) groups excluding carboxylic acids is 1. The van der Waals surface area contributed by atoms with Crippen LogP contribution in [0.5, 0.6) is 5.75 Å². The van der Waals surface area contributed by atoms with Gasteiger partial charge >= 0.3 is 5.82 Å². The molecule has 7 nitrogen and oxygen atoms in total. The molecule has 0 aliphatic rings. The van der Waals surface area contributed by atoms with Crippen LogP contribution in [-0.2, 0) is 0 Å². The van der Waals surface area contributed by atoms with Gasteiger partial charge in [-0.15, -0.1) is 0 Å². The maximum absolute atomic E-state index is 11.7. The SMILES string of the molecule is Cc1ccc(OCC(=O)c2ccc[nH]2)c([N+](=O)[O-])n1. The summed E-state index contributed by atoms with van der Waals surface area (Å²) < 4.78 is 5.17. The third-order valence-electron chi connectivity index (χ3n) is 2.41. The van der Waals surface area contributed by atoms with E-state index in [1.54, 1.807) is 31.3 Å². The van der Waals surface area contributed by atoms with Gasteiger partial charge in [0.15, 0.2) is 6.61 Å². The summed E-state index contributed by atoms with van der Waals surface area (Å²) in [4.78, 5) is 28.4. The van der Waals surface area contributed by atoms with E-state index in [1.165, 1.54) is 6.07 Å². The van der Waals surface area contributed by atoms with E-state index in [0.29, 0.717) is 11.4 Å². The van der Waals surface area contributed by atoms with Crippen LogP contribution in [-0.4, -0.2) is 27.3 Å². The summed E-state index contributed by atoms with van der Waals surface area (Å²) in [5, 5.41) is 10.8. The number of pyridine rings is 1. The highest BCUT2D eigenvalue weighted by molar-refractivity contribution is 5.95. The third-order valence-corrected chi connectivity index (χ3v) is 2.41. The summed E-state index contributed by atoms with van der Waals surface area (Å²) in [7, 11) is 0. The zero-order valence-corrected chi connectivity index (χ0v) is 10.1. The first-order valence-electron chi connectivity index (χ1n) is 5.49. The minimum atomic E-state index is -0.637. The predicted molar refractivity (Wildman–Crippen MR) is 66.2 cm³/mol. The average Bonchev–Trinajstić information content (AvgIpc) is 2.90. The van der Waals surface area contributed by atoms with Crippen LogP contribution in [0.2, 0.25) is 0 Å². The van der Waals surface area contributed by atoms with E-state index in [4.69, 9.17) is 4.74 Å². The van der Waals surface area contributed by atoms with Gasteiger partial charge in [-0.2, -0.15) is 0 Å². The Bertz CT molecular complexity index is 607. The molecule has 0 aliphatic carbocycles. The second-order valence-corrected chi connectivity index (χ2v) is 3.83. The zero-order valence-electron chi connectivity index (χ0n) is 10.1. The number of nitrogens with zero attached hydrogens (tertiary/aromatic N) is 2. The van der Waals surface area contributed by atoms with E-state index < -0.39 is 4.92 Å². The number of ketones is 1. The third kappa shape index (κ3) is 2.95. The molecular weight excluding hydrogens is 250 g/mol. The number of hydrogen-bond acceptors (Lipinski definition) is 5. The Morgan fingerprint density at radius 2 is 2.26 bits per heavy atom. The lowest BCUT2D eigenvalue weighted by atomic mass is 10.3. The number of nitro groups is 1. The van der Waals surface area contributed by atoms with Gasteiger partial charge in [0.05, 0.1) is 5.69 Å². The minimum Gasteiger partial charge on any atom is -0.477 e. The van der Waals surface area contributed by atoms with Crippen LogP contribution < -0.4 is 4.74 Å². The molecule has 0 amide bonds. The molecule has 0 unspecified atom stereocenters. The van der Waals surface area contributed by atoms with E-state index in [9.17, 15) is 14.9 Å². The van der Waals surface area contributed by atoms with Crippen molar-refractivity contribution in [2.45, 2.75) is 6.92 Å². The highest BCUT2D eigenvalue weighted by Gasteiger charge is 2.19. The van der Waals surface area contributed by atoms with E-state index in [0.717, 1.165) is 0 Å². The number of nitrogens with one attached hydrogen (secondary N) is 1. The number of aromatic amines is 1. The van der Waals surface area contributed by atoms with Crippen LogP contribution >= 0.6 is 0 Å². The number of hydrogen-bond donors (Lipinski definition) is 1. The number of rotatable bonds is 5. The molecule has 1 N–H and O–H groups in total. The Hall–Kier alpha value is -2.70. The highest BCUT2D eigenvalue weighted by Crippen LogP contribution is 2.24. The molecule has 0 fully saturated rings. The van der Waals surface area contributed by atoms with Crippen molar-refractivity contribution >= 4 is 11.6 Å². The molecule has 0 saturated heterocycles. The van der Waals surface area contributed by atoms with Crippen LogP contribution in [0.3, 0.4) is 0 Å². The lowest BCUT2D eigenvalue weighted by Crippen LogP contribution is -2.13. The fourth-order valence-electron chi connectivity index (χ4n) is 1.50. The van der Waals surface area contributed by atoms with Gasteiger partial charge in [0, 0.05) is 13.1 Å². The van der Waals surface area contributed by atoms with Crippen molar-refractivity contribution in [3.05, 3.63) is 52.0 Å². The van der Waals surface area contributed by atoms with E-state index in [-0.39, 0.29) is 24.0 Å². The fraction of sp³-hybridized carbons (Fsp3) is 0.167. The molecule has 2 aromatic heterocycles. The second-order valence-electron chi connectivity index (χ2n) is 3.83. The molecule has 7 heteroatoms. The molecule has 0 atom stereocenters. The standard InChI is InChI=1S/C12H11N3O4/c1-8-4-5-11(12(14-8)15(17)18)19-7-10(16)9-3-2-6-13-9/h2-6,13H,7H2,1H3. The fourth-order valence-corrected chi connectivity index (χ4v) is 1.50. The molecule has 2 heterocycles. The van der Waals surface area contributed by atoms with Crippen LogP contribution in [0.1, 0.15) is 16.2 Å². The molecule has 0 bridgehead atoms. The number of Topliss-reactive ketones (excluding diaryl/α,β-unsaturated/α-hetero) is 1. The molecule has 19 heavy (non-hydrogen) atoms. The molecular formula is C12H11N3O4. The lowest BCUT2D eigenvalue weighted by Gasteiger charge is -2.05. The monoisotopic (exact) mass is 261 g/mol. The van der Waals surface area contributed by atoms with Gasteiger partial charge in [-0.3, -0.25) is 4.79 Å². The topological polar surface area (TPSA) is 98.1 Å². The van der Waals surface area contributed by atoms with E-state index >= 15 is 0 Å². The summed E-state index contributed by atoms with van der Waals surface area (Å²) in [5.74, 6) is -0.699. The number of aryl methyl sites for hydroxylation is 1. The normalized spacial score (nSPS) is 10.2. The Morgan fingerprint density at radius 1 is 1.47 bits per heavy atom. The van der Waals surface area contributed by atoms with Crippen molar-refractivity contribution in [1.29, 1.82) is 0 Å². The Balaban J connectivity index is 2.11. The highest BCUT2D eigenvalue weighted by atomic mass is 16.6. The largest absolute Gasteiger partial charge is 0.477 e. The van der Waals surface area contributed by atoms with Crippen molar-refractivity contribution in [3.8, 4) is 5.75 Å². The van der Waals surface area contributed by atoms with Crippen molar-refractivity contribution in [1.82, 2.24) is 9.97 Å². The smallest absolute Gasteiger partial charge is 0.406 e. The molecule has 2 aromatic rings. The number of carbonyl (C=O) groups is 1. The van der Waals surface area contributed by atoms with Gasteiger partial charge in [0.1, 0.15) is 5.69 Å². The maximum atomic E-state index is 11.7. The van der Waals surface area contributed by atoms with Gasteiger partial charge in [-0.25, -0.2) is 0 Å². The Kier molecular flexibility index (Phi) is 3.56. The molecule has 0 saturated carbocycles. The first-order chi connectivity index (χ1) is 9.08. The molecule has 0 radical (unpaired) electrons. The van der Waals surface area contributed by atoms with Crippen molar-refractivity contribution in [2.24, 2.45) is 0 Å². The summed E-state index contributed by atoms with van der Waals surface area (Å²) in [5.41, 5.74) is 0.900. The first kappa shape index (κ1) is 12.7. The van der Waals surface area contributed by atoms with Crippen LogP contribution in [0.25, 0.3) is 0 Å². The first-order valence-corrected chi connectivity index (χ1v) is 5.49. The molecule has 0 spiro atoms. The van der Waals surface area contributed by atoms with Crippen LogP contribution in [0, 0.1) is 17.0 Å². The molecule has 2 rings (SSSR count). The van der Waals surface area contributed by atoms with E-state index in [2.05, 4.69) is 9.97 Å². The summed E-state index contributed by atoms with van der Waals surface area (Å²) in [6, 6.07) is 6.31. The molecule has 0 aromatic carbocycles. The number of H-pyrrole nitrogens is 1.